The van der Waals surface area contributed by atoms with E-state index in [2.05, 4.69) is 9.89 Å². The number of carbonyl (C=O) groups is 1. The van der Waals surface area contributed by atoms with Crippen molar-refractivity contribution < 1.29 is 19.2 Å². The van der Waals surface area contributed by atoms with Gasteiger partial charge in [0.2, 0.25) is 5.71 Å². The summed E-state index contributed by atoms with van der Waals surface area (Å²) in [4.78, 5) is 10.9. The van der Waals surface area contributed by atoms with E-state index in [1.165, 1.54) is 19.4 Å². The van der Waals surface area contributed by atoms with Gasteiger partial charge in [0.25, 0.3) is 0 Å². The van der Waals surface area contributed by atoms with Gasteiger partial charge in [-0.25, -0.2) is 4.79 Å². The molecule has 1 rings (SSSR count). The van der Waals surface area contributed by atoms with E-state index in [9.17, 15) is 4.79 Å². The molecular formula is C7H7NO4. The van der Waals surface area contributed by atoms with Crippen molar-refractivity contribution in [1.82, 2.24) is 0 Å². The van der Waals surface area contributed by atoms with Gasteiger partial charge in [0, 0.05) is 0 Å². The monoisotopic (exact) mass is 169 g/mol. The van der Waals surface area contributed by atoms with Crippen molar-refractivity contribution in [2.75, 3.05) is 7.11 Å². The highest BCUT2D eigenvalue weighted by Crippen LogP contribution is 2.03. The minimum atomic E-state index is -0.743. The fraction of sp³-hybridized carbons (Fsp3) is 0.143. The van der Waals surface area contributed by atoms with Gasteiger partial charge in [-0.2, -0.15) is 0 Å². The second-order valence-electron chi connectivity index (χ2n) is 1.92. The third-order valence-electron chi connectivity index (χ3n) is 1.23. The summed E-state index contributed by atoms with van der Waals surface area (Å²) in [6.45, 7) is 0. The number of methoxy groups -OCH3 is 1. The van der Waals surface area contributed by atoms with E-state index >= 15 is 0 Å². The number of esters is 1. The molecule has 0 saturated heterocycles. The lowest BCUT2D eigenvalue weighted by molar-refractivity contribution is -0.132. The summed E-state index contributed by atoms with van der Waals surface area (Å²) in [6, 6.07) is 3.06. The molecular weight excluding hydrogens is 162 g/mol. The summed E-state index contributed by atoms with van der Waals surface area (Å²) in [5.74, 6) is -0.572. The molecule has 0 spiro atoms. The van der Waals surface area contributed by atoms with Crippen molar-refractivity contribution in [2.45, 2.75) is 0 Å². The van der Waals surface area contributed by atoms with Crippen LogP contribution >= 0.6 is 0 Å². The van der Waals surface area contributed by atoms with Gasteiger partial charge >= 0.3 is 5.97 Å². The summed E-state index contributed by atoms with van der Waals surface area (Å²) in [7, 11) is 1.19. The fourth-order valence-electron chi connectivity index (χ4n) is 0.701. The second kappa shape index (κ2) is 3.56. The van der Waals surface area contributed by atoms with Crippen LogP contribution in [0.25, 0.3) is 0 Å². The van der Waals surface area contributed by atoms with Gasteiger partial charge in [-0.3, -0.25) is 0 Å². The van der Waals surface area contributed by atoms with E-state index in [4.69, 9.17) is 9.62 Å². The van der Waals surface area contributed by atoms with Crippen molar-refractivity contribution >= 4 is 11.7 Å². The molecule has 0 aliphatic rings. The van der Waals surface area contributed by atoms with Crippen LogP contribution in [0.15, 0.2) is 28.0 Å². The molecule has 1 heterocycles. The van der Waals surface area contributed by atoms with E-state index < -0.39 is 5.97 Å². The highest BCUT2D eigenvalue weighted by Gasteiger charge is 2.17. The molecule has 0 amide bonds. The Hall–Kier alpha value is -1.78. The highest BCUT2D eigenvalue weighted by atomic mass is 16.5. The summed E-state index contributed by atoms with van der Waals surface area (Å²) in [5.41, 5.74) is -0.248. The van der Waals surface area contributed by atoms with Crippen LogP contribution < -0.4 is 0 Å². The minimum absolute atomic E-state index is 0.171. The van der Waals surface area contributed by atoms with Crippen molar-refractivity contribution in [3.8, 4) is 0 Å². The number of carbonyl (C=O) groups excluding carboxylic acids is 1. The van der Waals surface area contributed by atoms with Gasteiger partial charge in [-0.05, 0) is 12.1 Å². The lowest BCUT2D eigenvalue weighted by Gasteiger charge is -1.96. The Labute approximate surface area is 68.2 Å². The summed E-state index contributed by atoms with van der Waals surface area (Å²) >= 11 is 0. The molecule has 0 aliphatic heterocycles. The maximum Gasteiger partial charge on any atom is 0.364 e. The van der Waals surface area contributed by atoms with Crippen molar-refractivity contribution in [3.63, 3.8) is 0 Å². The molecule has 0 atom stereocenters. The number of rotatable bonds is 2. The third-order valence-corrected chi connectivity index (χ3v) is 1.23. The first kappa shape index (κ1) is 8.32. The number of hydrogen-bond acceptors (Lipinski definition) is 5. The lowest BCUT2D eigenvalue weighted by Crippen LogP contribution is -2.16. The zero-order chi connectivity index (χ0) is 8.97. The summed E-state index contributed by atoms with van der Waals surface area (Å²) in [5, 5.41) is 11.2. The Morgan fingerprint density at radius 2 is 2.50 bits per heavy atom. The Morgan fingerprint density at radius 3 is 2.92 bits per heavy atom. The molecule has 0 radical (unpaired) electrons. The van der Waals surface area contributed by atoms with Gasteiger partial charge in [0.15, 0.2) is 5.76 Å². The average Bonchev–Trinajstić information content (AvgIpc) is 2.58. The second-order valence-corrected chi connectivity index (χ2v) is 1.92. The van der Waals surface area contributed by atoms with Crippen molar-refractivity contribution in [3.05, 3.63) is 24.2 Å². The van der Waals surface area contributed by atoms with Crippen LogP contribution in [0.1, 0.15) is 5.76 Å². The van der Waals surface area contributed by atoms with Crippen LogP contribution in [0.4, 0.5) is 0 Å². The predicted octanol–water partition coefficient (Wildman–Crippen LogP) is 0.631. The van der Waals surface area contributed by atoms with E-state index in [0.717, 1.165) is 0 Å². The third kappa shape index (κ3) is 1.45. The Morgan fingerprint density at radius 1 is 1.75 bits per heavy atom. The number of nitrogens with zero attached hydrogens (tertiary/aromatic N) is 1. The van der Waals surface area contributed by atoms with Gasteiger partial charge in [0.05, 0.1) is 13.4 Å². The van der Waals surface area contributed by atoms with E-state index in [-0.39, 0.29) is 11.5 Å². The predicted molar refractivity (Wildman–Crippen MR) is 39.0 cm³/mol. The van der Waals surface area contributed by atoms with Gasteiger partial charge < -0.3 is 14.4 Å². The van der Waals surface area contributed by atoms with E-state index in [1.54, 1.807) is 6.07 Å². The van der Waals surface area contributed by atoms with Crippen molar-refractivity contribution in [1.29, 1.82) is 0 Å². The highest BCUT2D eigenvalue weighted by molar-refractivity contribution is 6.42. The van der Waals surface area contributed by atoms with Gasteiger partial charge in [-0.15, -0.1) is 0 Å². The number of hydrogen-bond donors (Lipinski definition) is 1. The maximum atomic E-state index is 10.9. The van der Waals surface area contributed by atoms with Crippen molar-refractivity contribution in [2.24, 2.45) is 5.16 Å². The molecule has 1 aromatic rings. The molecule has 0 bridgehead atoms. The Bertz CT molecular complexity index is 288. The van der Waals surface area contributed by atoms with Gasteiger partial charge in [-0.1, -0.05) is 5.16 Å². The quantitative estimate of drug-likeness (QED) is 0.305. The zero-order valence-electron chi connectivity index (χ0n) is 6.35. The number of ether oxygens (including phenoxy) is 1. The molecule has 1 N–H and O–H groups in total. The van der Waals surface area contributed by atoms with E-state index in [0.29, 0.717) is 0 Å². The molecule has 5 nitrogen and oxygen atoms in total. The molecule has 0 aliphatic carbocycles. The Kier molecular flexibility index (Phi) is 2.47. The lowest BCUT2D eigenvalue weighted by atomic mass is 10.3. The SMILES string of the molecule is COC(=O)/C(=N\O)c1ccco1. The normalized spacial score (nSPS) is 11.2. The molecule has 12 heavy (non-hydrogen) atoms. The van der Waals surface area contributed by atoms with Crippen LogP contribution in [0.3, 0.4) is 0 Å². The molecule has 0 fully saturated rings. The summed E-state index contributed by atoms with van der Waals surface area (Å²) in [6.07, 6.45) is 1.36. The average molecular weight is 169 g/mol. The smallest absolute Gasteiger partial charge is 0.364 e. The largest absolute Gasteiger partial charge is 0.464 e. The first-order valence-electron chi connectivity index (χ1n) is 3.14. The van der Waals surface area contributed by atoms with Crippen LogP contribution in [0.5, 0.6) is 0 Å². The van der Waals surface area contributed by atoms with E-state index in [1.807, 2.05) is 0 Å². The zero-order valence-corrected chi connectivity index (χ0v) is 6.35. The topological polar surface area (TPSA) is 72.0 Å². The molecule has 0 saturated carbocycles. The van der Waals surface area contributed by atoms with Crippen LogP contribution in [-0.4, -0.2) is 24.0 Å². The molecule has 0 aromatic carbocycles. The van der Waals surface area contributed by atoms with Crippen LogP contribution in [0.2, 0.25) is 0 Å². The number of oxime groups is 1. The fourth-order valence-corrected chi connectivity index (χ4v) is 0.701. The van der Waals surface area contributed by atoms with Crippen LogP contribution in [-0.2, 0) is 9.53 Å². The number of furan rings is 1. The minimum Gasteiger partial charge on any atom is -0.464 e. The van der Waals surface area contributed by atoms with Gasteiger partial charge in [0.1, 0.15) is 0 Å². The molecule has 5 heteroatoms. The first-order valence-corrected chi connectivity index (χ1v) is 3.14. The summed E-state index contributed by atoms with van der Waals surface area (Å²) < 4.78 is 9.16. The standard InChI is InChI=1S/C7H7NO4/c1-11-7(9)6(8-10)5-3-2-4-12-5/h2-4,10H,1H3/b8-6-. The molecule has 1 aromatic heterocycles. The maximum absolute atomic E-state index is 10.9. The first-order chi connectivity index (χ1) is 5.79. The Balaban J connectivity index is 2.93. The molecule has 64 valence electrons. The van der Waals surface area contributed by atoms with Crippen LogP contribution in [0, 0.1) is 0 Å². The molecule has 0 unspecified atom stereocenters.